The number of amides is 1. The zero-order valence-electron chi connectivity index (χ0n) is 18.2. The zero-order chi connectivity index (χ0) is 22.7. The van der Waals surface area contributed by atoms with Gasteiger partial charge in [-0.2, -0.15) is 9.78 Å². The maximum absolute atomic E-state index is 12.7. The summed E-state index contributed by atoms with van der Waals surface area (Å²) < 4.78 is 1.30. The van der Waals surface area contributed by atoms with E-state index < -0.39 is 0 Å². The number of rotatable bonds is 5. The van der Waals surface area contributed by atoms with Crippen LogP contribution in [0.15, 0.2) is 59.5 Å². The summed E-state index contributed by atoms with van der Waals surface area (Å²) >= 11 is 6.43. The molecule has 0 bridgehead atoms. The van der Waals surface area contributed by atoms with Gasteiger partial charge in [0.1, 0.15) is 5.02 Å². The van der Waals surface area contributed by atoms with Crippen molar-refractivity contribution in [1.82, 2.24) is 14.7 Å². The summed E-state index contributed by atoms with van der Waals surface area (Å²) in [5.41, 5.74) is 4.02. The number of nitrogens with one attached hydrogen (secondary N) is 1. The van der Waals surface area contributed by atoms with Gasteiger partial charge in [0, 0.05) is 31.9 Å². The summed E-state index contributed by atoms with van der Waals surface area (Å²) in [6.07, 6.45) is 1.64. The van der Waals surface area contributed by atoms with Gasteiger partial charge in [0.05, 0.1) is 24.1 Å². The molecule has 0 aliphatic carbocycles. The Kier molecular flexibility index (Phi) is 6.58. The number of carbonyl (C=O) groups excluding carboxylic acids is 1. The topological polar surface area (TPSA) is 70.5 Å². The lowest BCUT2D eigenvalue weighted by atomic mass is 10.1. The molecule has 32 heavy (non-hydrogen) atoms. The first-order chi connectivity index (χ1) is 15.4. The number of hydrogen-bond donors (Lipinski definition) is 1. The monoisotopic (exact) mass is 451 g/mol. The average molecular weight is 452 g/mol. The van der Waals surface area contributed by atoms with Gasteiger partial charge in [0.2, 0.25) is 5.91 Å². The highest BCUT2D eigenvalue weighted by Gasteiger charge is 2.23. The number of anilines is 2. The van der Waals surface area contributed by atoms with E-state index in [9.17, 15) is 9.59 Å². The van der Waals surface area contributed by atoms with Crippen molar-refractivity contribution in [3.05, 3.63) is 81.2 Å². The van der Waals surface area contributed by atoms with Crippen molar-refractivity contribution in [3.63, 3.8) is 0 Å². The molecule has 0 spiro atoms. The maximum Gasteiger partial charge on any atom is 0.292 e. The van der Waals surface area contributed by atoms with Gasteiger partial charge in [0.15, 0.2) is 0 Å². The third kappa shape index (κ3) is 5.00. The van der Waals surface area contributed by atoms with Crippen molar-refractivity contribution in [1.29, 1.82) is 0 Å². The molecule has 2 heterocycles. The molecule has 1 aliphatic rings. The van der Waals surface area contributed by atoms with Crippen molar-refractivity contribution >= 4 is 28.9 Å². The van der Waals surface area contributed by atoms with Crippen LogP contribution in [0.25, 0.3) is 5.69 Å². The van der Waals surface area contributed by atoms with Gasteiger partial charge in [-0.1, -0.05) is 35.9 Å². The summed E-state index contributed by atoms with van der Waals surface area (Å²) in [6, 6.07) is 15.2. The van der Waals surface area contributed by atoms with Crippen LogP contribution in [0.4, 0.5) is 11.4 Å². The van der Waals surface area contributed by atoms with Crippen LogP contribution in [-0.4, -0.2) is 53.3 Å². The molecule has 3 aromatic rings. The van der Waals surface area contributed by atoms with Crippen LogP contribution < -0.4 is 15.8 Å². The Morgan fingerprint density at radius 1 is 1.03 bits per heavy atom. The van der Waals surface area contributed by atoms with Gasteiger partial charge >= 0.3 is 0 Å². The van der Waals surface area contributed by atoms with Gasteiger partial charge in [-0.15, -0.1) is 0 Å². The molecule has 1 N–H and O–H groups in total. The van der Waals surface area contributed by atoms with Crippen LogP contribution in [0.2, 0.25) is 5.02 Å². The highest BCUT2D eigenvalue weighted by molar-refractivity contribution is 6.33. The number of carbonyl (C=O) groups is 1. The molecule has 0 atom stereocenters. The second kappa shape index (κ2) is 9.54. The summed E-state index contributed by atoms with van der Waals surface area (Å²) in [4.78, 5) is 29.4. The maximum atomic E-state index is 12.7. The summed E-state index contributed by atoms with van der Waals surface area (Å²) in [7, 11) is 0. The molecule has 0 unspecified atom stereocenters. The Morgan fingerprint density at radius 3 is 2.34 bits per heavy atom. The first-order valence-electron chi connectivity index (χ1n) is 10.6. The molecule has 1 fully saturated rings. The average Bonchev–Trinajstić information content (AvgIpc) is 2.76. The molecule has 8 heteroatoms. The molecular formula is C24H26ClN5O2. The van der Waals surface area contributed by atoms with Gasteiger partial charge in [-0.3, -0.25) is 14.5 Å². The van der Waals surface area contributed by atoms with Crippen molar-refractivity contribution < 1.29 is 4.79 Å². The van der Waals surface area contributed by atoms with E-state index in [1.54, 1.807) is 6.20 Å². The Labute approximate surface area is 192 Å². The summed E-state index contributed by atoms with van der Waals surface area (Å²) in [5, 5.41) is 7.45. The van der Waals surface area contributed by atoms with Gasteiger partial charge in [0.25, 0.3) is 5.56 Å². The van der Waals surface area contributed by atoms with Gasteiger partial charge in [-0.25, -0.2) is 0 Å². The molecular weight excluding hydrogens is 426 g/mol. The first-order valence-corrected chi connectivity index (χ1v) is 11.0. The van der Waals surface area contributed by atoms with Crippen LogP contribution in [0.5, 0.6) is 0 Å². The largest absolute Gasteiger partial charge is 0.366 e. The molecule has 4 rings (SSSR count). The fraction of sp³-hybridized carbons (Fsp3) is 0.292. The first kappa shape index (κ1) is 22.0. The minimum absolute atomic E-state index is 0.0337. The van der Waals surface area contributed by atoms with Crippen molar-refractivity contribution in [3.8, 4) is 5.69 Å². The molecule has 1 amide bonds. The van der Waals surface area contributed by atoms with E-state index in [-0.39, 0.29) is 16.5 Å². The summed E-state index contributed by atoms with van der Waals surface area (Å²) in [6.45, 7) is 7.05. The number of nitrogens with zero attached hydrogens (tertiary/aromatic N) is 4. The van der Waals surface area contributed by atoms with Crippen molar-refractivity contribution in [2.45, 2.75) is 13.8 Å². The molecule has 1 saturated heterocycles. The molecule has 0 radical (unpaired) electrons. The Morgan fingerprint density at radius 2 is 1.69 bits per heavy atom. The van der Waals surface area contributed by atoms with Crippen LogP contribution in [-0.2, 0) is 4.79 Å². The van der Waals surface area contributed by atoms with E-state index in [0.29, 0.717) is 44.1 Å². The number of benzene rings is 2. The predicted octanol–water partition coefficient (Wildman–Crippen LogP) is 3.26. The number of aryl methyl sites for hydroxylation is 2. The smallest absolute Gasteiger partial charge is 0.292 e. The SMILES string of the molecule is Cc1cc(C)cc(NC(=O)CN2CCN(c3cnn(-c4ccccc4)c(=O)c3Cl)CC2)c1. The highest BCUT2D eigenvalue weighted by atomic mass is 35.5. The van der Waals surface area contributed by atoms with E-state index in [4.69, 9.17) is 11.6 Å². The lowest BCUT2D eigenvalue weighted by molar-refractivity contribution is -0.117. The minimum Gasteiger partial charge on any atom is -0.366 e. The van der Waals surface area contributed by atoms with Gasteiger partial charge < -0.3 is 10.2 Å². The lowest BCUT2D eigenvalue weighted by Gasteiger charge is -2.35. The van der Waals surface area contributed by atoms with E-state index >= 15 is 0 Å². The fourth-order valence-corrected chi connectivity index (χ4v) is 4.24. The quantitative estimate of drug-likeness (QED) is 0.644. The molecule has 1 aromatic heterocycles. The lowest BCUT2D eigenvalue weighted by Crippen LogP contribution is -2.49. The Hall–Kier alpha value is -3.16. The zero-order valence-corrected chi connectivity index (χ0v) is 19.0. The number of halogens is 1. The standard InChI is InChI=1S/C24H26ClN5O2/c1-17-12-18(2)14-19(13-17)27-22(31)16-28-8-10-29(11-9-28)21-15-26-30(24(32)23(21)25)20-6-4-3-5-7-20/h3-7,12-15H,8-11,16H2,1-2H3,(H,27,31). The number of aromatic nitrogens is 2. The third-order valence-corrected chi connectivity index (χ3v) is 5.84. The highest BCUT2D eigenvalue weighted by Crippen LogP contribution is 2.23. The molecule has 1 aliphatic heterocycles. The third-order valence-electron chi connectivity index (χ3n) is 5.49. The molecule has 2 aromatic carbocycles. The Balaban J connectivity index is 1.37. The second-order valence-electron chi connectivity index (χ2n) is 8.08. The van der Waals surface area contributed by atoms with Crippen molar-refractivity contribution in [2.24, 2.45) is 0 Å². The van der Waals surface area contributed by atoms with Crippen LogP contribution in [0.3, 0.4) is 0 Å². The van der Waals surface area contributed by atoms with E-state index in [0.717, 1.165) is 16.8 Å². The molecule has 166 valence electrons. The van der Waals surface area contributed by atoms with E-state index in [1.165, 1.54) is 4.68 Å². The van der Waals surface area contributed by atoms with E-state index in [2.05, 4.69) is 21.4 Å². The minimum atomic E-state index is -0.342. The fourth-order valence-electron chi connectivity index (χ4n) is 3.99. The Bertz CT molecular complexity index is 1150. The second-order valence-corrected chi connectivity index (χ2v) is 8.46. The number of piperazine rings is 1. The van der Waals surface area contributed by atoms with Crippen LogP contribution in [0.1, 0.15) is 11.1 Å². The molecule has 7 nitrogen and oxygen atoms in total. The van der Waals surface area contributed by atoms with Crippen molar-refractivity contribution in [2.75, 3.05) is 42.9 Å². The number of para-hydroxylation sites is 1. The van der Waals surface area contributed by atoms with Crippen LogP contribution >= 0.6 is 11.6 Å². The normalized spacial score (nSPS) is 14.4. The summed E-state index contributed by atoms with van der Waals surface area (Å²) in [5.74, 6) is -0.0337. The van der Waals surface area contributed by atoms with E-state index in [1.807, 2.05) is 61.2 Å². The molecule has 0 saturated carbocycles. The van der Waals surface area contributed by atoms with Gasteiger partial charge in [-0.05, 0) is 49.2 Å². The van der Waals surface area contributed by atoms with Crippen LogP contribution in [0, 0.1) is 13.8 Å². The number of hydrogen-bond acceptors (Lipinski definition) is 5. The predicted molar refractivity (Wildman–Crippen MR) is 128 cm³/mol.